The van der Waals surface area contributed by atoms with Gasteiger partial charge in [0.05, 0.1) is 0 Å². The molecular formula is C19H28ClIN6. The molecule has 27 heavy (non-hydrogen) atoms. The van der Waals surface area contributed by atoms with E-state index in [1.54, 1.807) is 11.0 Å². The Hall–Kier alpha value is -1.35. The maximum atomic E-state index is 6.08. The first kappa shape index (κ1) is 21.9. The van der Waals surface area contributed by atoms with E-state index in [-0.39, 0.29) is 29.4 Å². The first-order valence-corrected chi connectivity index (χ1v) is 9.62. The van der Waals surface area contributed by atoms with Gasteiger partial charge in [0.2, 0.25) is 0 Å². The number of nitrogens with zero attached hydrogens (tertiary/aromatic N) is 4. The van der Waals surface area contributed by atoms with Crippen LogP contribution in [0.15, 0.2) is 35.6 Å². The van der Waals surface area contributed by atoms with E-state index in [1.165, 1.54) is 31.2 Å². The van der Waals surface area contributed by atoms with E-state index in [0.717, 1.165) is 29.9 Å². The third-order valence-corrected chi connectivity index (χ3v) is 5.39. The minimum Gasteiger partial charge on any atom is -0.357 e. The van der Waals surface area contributed by atoms with E-state index in [9.17, 15) is 0 Å². The summed E-state index contributed by atoms with van der Waals surface area (Å²) in [5, 5.41) is 11.8. The minimum absolute atomic E-state index is 0. The number of guanidine groups is 1. The lowest BCUT2D eigenvalue weighted by Gasteiger charge is -2.31. The standard InChI is InChI=1S/C19H27ClN6.HI/c1-3-21-18(22-12-17-24-14-25-26(17)2)23-13-19(10-4-5-11-19)15-6-8-16(20)9-7-15;/h6-9,14H,3-5,10-13H2,1-2H3,(H2,21,22,23);1H. The van der Waals surface area contributed by atoms with E-state index >= 15 is 0 Å². The molecule has 2 N–H and O–H groups in total. The molecule has 8 heteroatoms. The number of aryl methyl sites for hydroxylation is 1. The second-order valence-corrected chi connectivity index (χ2v) is 7.28. The number of nitrogens with one attached hydrogen (secondary N) is 2. The molecule has 0 aliphatic heterocycles. The number of halogens is 2. The van der Waals surface area contributed by atoms with Gasteiger partial charge in [-0.25, -0.2) is 9.98 Å². The molecule has 0 amide bonds. The highest BCUT2D eigenvalue weighted by Gasteiger charge is 2.35. The van der Waals surface area contributed by atoms with Gasteiger partial charge >= 0.3 is 0 Å². The molecule has 1 aliphatic rings. The SMILES string of the molecule is CCNC(=NCc1ncnn1C)NCC1(c2ccc(Cl)cc2)CCCC1.I. The smallest absolute Gasteiger partial charge is 0.191 e. The van der Waals surface area contributed by atoms with Crippen LogP contribution in [0.1, 0.15) is 44.0 Å². The summed E-state index contributed by atoms with van der Waals surface area (Å²) in [4.78, 5) is 8.90. The molecule has 0 spiro atoms. The largest absolute Gasteiger partial charge is 0.357 e. The van der Waals surface area contributed by atoms with Crippen LogP contribution in [-0.4, -0.2) is 33.8 Å². The van der Waals surface area contributed by atoms with Crippen molar-refractivity contribution < 1.29 is 0 Å². The third kappa shape index (κ3) is 5.57. The van der Waals surface area contributed by atoms with Crippen molar-refractivity contribution in [2.75, 3.05) is 13.1 Å². The van der Waals surface area contributed by atoms with Gasteiger partial charge in [-0.2, -0.15) is 5.10 Å². The van der Waals surface area contributed by atoms with Gasteiger partial charge in [-0.1, -0.05) is 36.6 Å². The van der Waals surface area contributed by atoms with Crippen LogP contribution in [0.2, 0.25) is 5.02 Å². The number of aliphatic imine (C=N–C) groups is 1. The summed E-state index contributed by atoms with van der Waals surface area (Å²) in [7, 11) is 1.88. The van der Waals surface area contributed by atoms with Gasteiger partial charge in [0.1, 0.15) is 18.7 Å². The number of rotatable bonds is 6. The van der Waals surface area contributed by atoms with Crippen molar-refractivity contribution in [2.45, 2.75) is 44.6 Å². The molecule has 1 fully saturated rings. The highest BCUT2D eigenvalue weighted by molar-refractivity contribution is 14.0. The first-order chi connectivity index (χ1) is 12.6. The zero-order chi connectivity index (χ0) is 18.4. The molecule has 0 radical (unpaired) electrons. The Morgan fingerprint density at radius 3 is 2.52 bits per heavy atom. The van der Waals surface area contributed by atoms with E-state index in [4.69, 9.17) is 11.6 Å². The van der Waals surface area contributed by atoms with Crippen LogP contribution in [0.3, 0.4) is 0 Å². The van der Waals surface area contributed by atoms with Crippen LogP contribution in [0.25, 0.3) is 0 Å². The molecule has 1 saturated carbocycles. The van der Waals surface area contributed by atoms with Gasteiger partial charge in [0.25, 0.3) is 0 Å². The van der Waals surface area contributed by atoms with E-state index in [1.807, 2.05) is 19.2 Å². The molecule has 1 aromatic carbocycles. The average Bonchev–Trinajstić information content (AvgIpc) is 3.28. The molecular weight excluding hydrogens is 475 g/mol. The molecule has 3 rings (SSSR count). The fourth-order valence-corrected chi connectivity index (χ4v) is 3.76. The van der Waals surface area contributed by atoms with Crippen LogP contribution in [0.5, 0.6) is 0 Å². The Bertz CT molecular complexity index is 737. The van der Waals surface area contributed by atoms with E-state index in [2.05, 4.69) is 44.8 Å². The van der Waals surface area contributed by atoms with Crippen LogP contribution in [-0.2, 0) is 19.0 Å². The van der Waals surface area contributed by atoms with Gasteiger partial charge < -0.3 is 10.6 Å². The quantitative estimate of drug-likeness (QED) is 0.359. The number of hydrogen-bond acceptors (Lipinski definition) is 3. The Morgan fingerprint density at radius 1 is 1.22 bits per heavy atom. The summed E-state index contributed by atoms with van der Waals surface area (Å²) in [5.41, 5.74) is 1.50. The highest BCUT2D eigenvalue weighted by atomic mass is 127. The van der Waals surface area contributed by atoms with Crippen LogP contribution in [0.4, 0.5) is 0 Å². The van der Waals surface area contributed by atoms with Crippen molar-refractivity contribution in [1.82, 2.24) is 25.4 Å². The van der Waals surface area contributed by atoms with Gasteiger partial charge in [-0.15, -0.1) is 24.0 Å². The highest BCUT2D eigenvalue weighted by Crippen LogP contribution is 2.40. The molecule has 1 aromatic heterocycles. The Morgan fingerprint density at radius 2 is 1.93 bits per heavy atom. The molecule has 0 unspecified atom stereocenters. The fourth-order valence-electron chi connectivity index (χ4n) is 3.63. The Kier molecular flexibility index (Phi) is 8.34. The van der Waals surface area contributed by atoms with Gasteiger partial charge in [-0.05, 0) is 37.5 Å². The molecule has 0 bridgehead atoms. The van der Waals surface area contributed by atoms with E-state index < -0.39 is 0 Å². The molecule has 6 nitrogen and oxygen atoms in total. The van der Waals surface area contributed by atoms with Crippen LogP contribution in [0, 0.1) is 0 Å². The van der Waals surface area contributed by atoms with Gasteiger partial charge in [0, 0.05) is 30.6 Å². The van der Waals surface area contributed by atoms with E-state index in [0.29, 0.717) is 6.54 Å². The average molecular weight is 503 g/mol. The molecule has 0 saturated heterocycles. The predicted octanol–water partition coefficient (Wildman–Crippen LogP) is 3.65. The summed E-state index contributed by atoms with van der Waals surface area (Å²) in [6, 6.07) is 8.31. The number of benzene rings is 1. The Balaban J connectivity index is 0.00000261. The summed E-state index contributed by atoms with van der Waals surface area (Å²) >= 11 is 6.08. The first-order valence-electron chi connectivity index (χ1n) is 9.24. The van der Waals surface area contributed by atoms with Crippen molar-refractivity contribution in [2.24, 2.45) is 12.0 Å². The summed E-state index contributed by atoms with van der Waals surface area (Å²) < 4.78 is 1.75. The van der Waals surface area contributed by atoms with Crippen molar-refractivity contribution in [3.63, 3.8) is 0 Å². The molecule has 148 valence electrons. The lowest BCUT2D eigenvalue weighted by atomic mass is 9.79. The second kappa shape index (κ2) is 10.3. The predicted molar refractivity (Wildman–Crippen MR) is 121 cm³/mol. The summed E-state index contributed by atoms with van der Waals surface area (Å²) in [6.07, 6.45) is 6.45. The normalized spacial score (nSPS) is 16.0. The number of aromatic nitrogens is 3. The second-order valence-electron chi connectivity index (χ2n) is 6.84. The molecule has 0 atom stereocenters. The maximum Gasteiger partial charge on any atom is 0.191 e. The molecule has 1 aliphatic carbocycles. The van der Waals surface area contributed by atoms with Crippen LogP contribution >= 0.6 is 35.6 Å². The third-order valence-electron chi connectivity index (χ3n) is 5.14. The van der Waals surface area contributed by atoms with Crippen LogP contribution < -0.4 is 10.6 Å². The van der Waals surface area contributed by atoms with Crippen molar-refractivity contribution in [1.29, 1.82) is 0 Å². The maximum absolute atomic E-state index is 6.08. The van der Waals surface area contributed by atoms with Gasteiger partial charge in [-0.3, -0.25) is 4.68 Å². The zero-order valence-corrected chi connectivity index (χ0v) is 19.0. The topological polar surface area (TPSA) is 67.1 Å². The number of hydrogen-bond donors (Lipinski definition) is 2. The minimum atomic E-state index is 0. The summed E-state index contributed by atoms with van der Waals surface area (Å²) in [6.45, 7) is 4.25. The molecule has 2 aromatic rings. The molecule has 1 heterocycles. The van der Waals surface area contributed by atoms with Crippen molar-refractivity contribution >= 4 is 41.5 Å². The van der Waals surface area contributed by atoms with Crippen molar-refractivity contribution in [3.8, 4) is 0 Å². The van der Waals surface area contributed by atoms with Gasteiger partial charge in [0.15, 0.2) is 5.96 Å². The fraction of sp³-hybridized carbons (Fsp3) is 0.526. The monoisotopic (exact) mass is 502 g/mol. The van der Waals surface area contributed by atoms with Crippen molar-refractivity contribution in [3.05, 3.63) is 47.0 Å². The Labute approximate surface area is 183 Å². The summed E-state index contributed by atoms with van der Waals surface area (Å²) in [5.74, 6) is 1.66. The lowest BCUT2D eigenvalue weighted by Crippen LogP contribution is -2.44. The lowest BCUT2D eigenvalue weighted by molar-refractivity contribution is 0.431. The zero-order valence-electron chi connectivity index (χ0n) is 15.9.